The Morgan fingerprint density at radius 2 is 1.23 bits per heavy atom. The third kappa shape index (κ3) is 5.32. The minimum absolute atomic E-state index is 0.0703. The lowest BCUT2D eigenvalue weighted by molar-refractivity contribution is 0.726. The maximum absolute atomic E-state index is 12.9. The van der Waals surface area contributed by atoms with Gasteiger partial charge in [-0.25, -0.2) is 19.9 Å². The molecule has 6 aromatic rings. The first-order valence-corrected chi connectivity index (χ1v) is 14.9. The maximum Gasteiger partial charge on any atom is 0.279 e. The summed E-state index contributed by atoms with van der Waals surface area (Å²) in [5.74, 6) is 0. The molecule has 0 saturated heterocycles. The molecule has 214 valence electrons. The molecular formula is C33H26Cl2N6O2. The van der Waals surface area contributed by atoms with Crippen molar-refractivity contribution in [3.63, 3.8) is 0 Å². The molecule has 0 radical (unpaired) electrons. The van der Waals surface area contributed by atoms with E-state index in [0.717, 1.165) is 53.4 Å². The molecule has 0 amide bonds. The molecule has 0 N–H and O–H groups in total. The van der Waals surface area contributed by atoms with E-state index in [1.807, 2.05) is 55.5 Å². The summed E-state index contributed by atoms with van der Waals surface area (Å²) in [5, 5.41) is 1.25. The highest BCUT2D eigenvalue weighted by atomic mass is 35.5. The first kappa shape index (κ1) is 27.4. The number of fused-ring (bicyclic) bond motifs is 2. The molecule has 8 nitrogen and oxygen atoms in total. The van der Waals surface area contributed by atoms with Crippen LogP contribution in [0.25, 0.3) is 44.8 Å². The van der Waals surface area contributed by atoms with Crippen LogP contribution in [0.4, 0.5) is 0 Å². The number of benzene rings is 2. The molecule has 4 aromatic heterocycles. The van der Waals surface area contributed by atoms with Gasteiger partial charge in [-0.2, -0.15) is 0 Å². The monoisotopic (exact) mass is 608 g/mol. The minimum Gasteiger partial charge on any atom is -0.286 e. The molecule has 10 heteroatoms. The molecule has 2 aromatic carbocycles. The number of hydrogen-bond acceptors (Lipinski definition) is 6. The van der Waals surface area contributed by atoms with Crippen LogP contribution >= 0.6 is 23.2 Å². The number of halogens is 2. The fourth-order valence-corrected chi connectivity index (χ4v) is 5.73. The molecule has 2 aliphatic rings. The second kappa shape index (κ2) is 11.0. The van der Waals surface area contributed by atoms with Crippen LogP contribution in [0.15, 0.2) is 88.7 Å². The summed E-state index contributed by atoms with van der Waals surface area (Å²) < 4.78 is 3.57. The zero-order valence-corrected chi connectivity index (χ0v) is 24.8. The third-order valence-electron chi connectivity index (χ3n) is 7.66. The zero-order chi connectivity index (χ0) is 29.7. The number of aromatic nitrogens is 6. The largest absolute Gasteiger partial charge is 0.286 e. The minimum atomic E-state index is -0.0917. The van der Waals surface area contributed by atoms with Gasteiger partial charge >= 0.3 is 0 Å². The quantitative estimate of drug-likeness (QED) is 0.210. The van der Waals surface area contributed by atoms with E-state index in [0.29, 0.717) is 32.7 Å². The average molecular weight is 610 g/mol. The Morgan fingerprint density at radius 3 is 1.79 bits per heavy atom. The molecule has 43 heavy (non-hydrogen) atoms. The van der Waals surface area contributed by atoms with E-state index in [1.54, 1.807) is 39.7 Å². The van der Waals surface area contributed by atoms with Gasteiger partial charge in [0.25, 0.3) is 11.1 Å². The Kier molecular flexibility index (Phi) is 7.03. The van der Waals surface area contributed by atoms with Crippen molar-refractivity contribution < 1.29 is 0 Å². The number of hydrogen-bond donors (Lipinski definition) is 0. The van der Waals surface area contributed by atoms with E-state index in [9.17, 15) is 9.59 Å². The van der Waals surface area contributed by atoms with Crippen molar-refractivity contribution >= 4 is 45.5 Å². The molecule has 2 aliphatic carbocycles. The van der Waals surface area contributed by atoms with Gasteiger partial charge < -0.3 is 0 Å². The lowest BCUT2D eigenvalue weighted by Crippen LogP contribution is -2.23. The molecular weight excluding hydrogens is 583 g/mol. The topological polar surface area (TPSA) is 95.6 Å². The Labute approximate surface area is 256 Å². The number of aryl methyl sites for hydroxylation is 1. The van der Waals surface area contributed by atoms with E-state index >= 15 is 0 Å². The van der Waals surface area contributed by atoms with Gasteiger partial charge in [0, 0.05) is 45.6 Å². The Bertz CT molecular complexity index is 2150. The molecule has 8 rings (SSSR count). The smallest absolute Gasteiger partial charge is 0.279 e. The van der Waals surface area contributed by atoms with Gasteiger partial charge in [-0.05, 0) is 86.7 Å². The van der Waals surface area contributed by atoms with Crippen LogP contribution < -0.4 is 11.1 Å². The Hall–Kier alpha value is -4.40. The van der Waals surface area contributed by atoms with E-state index < -0.39 is 0 Å². The highest BCUT2D eigenvalue weighted by molar-refractivity contribution is 6.31. The molecule has 0 bridgehead atoms. The summed E-state index contributed by atoms with van der Waals surface area (Å²) in [6.45, 7) is 1.94. The van der Waals surface area contributed by atoms with Crippen molar-refractivity contribution in [2.75, 3.05) is 0 Å². The summed E-state index contributed by atoms with van der Waals surface area (Å²) in [6.07, 6.45) is 7.48. The molecule has 2 fully saturated rings. The van der Waals surface area contributed by atoms with Gasteiger partial charge in [-0.1, -0.05) is 41.4 Å². The summed E-state index contributed by atoms with van der Waals surface area (Å²) in [6, 6.07) is 20.7. The van der Waals surface area contributed by atoms with Gasteiger partial charge in [0.1, 0.15) is 22.4 Å². The summed E-state index contributed by atoms with van der Waals surface area (Å²) in [7, 11) is 0. The molecule has 0 spiro atoms. The first-order valence-electron chi connectivity index (χ1n) is 14.2. The second-order valence-electron chi connectivity index (χ2n) is 10.9. The molecule has 2 saturated carbocycles. The highest BCUT2D eigenvalue weighted by Crippen LogP contribution is 2.37. The predicted molar refractivity (Wildman–Crippen MR) is 170 cm³/mol. The van der Waals surface area contributed by atoms with Crippen LogP contribution in [-0.4, -0.2) is 29.1 Å². The van der Waals surface area contributed by atoms with Gasteiger partial charge in [-0.3, -0.25) is 18.7 Å². The SMILES string of the molecule is Cc1cc(Cl)ccc1-c1nc2cccnc2n(C2CC2)c1=O.O=c1c(-c2cccc(Cl)c2)nc2cccnc2n1C1CC1. The van der Waals surface area contributed by atoms with Crippen LogP contribution in [0.2, 0.25) is 10.0 Å². The van der Waals surface area contributed by atoms with Crippen molar-refractivity contribution in [1.29, 1.82) is 0 Å². The van der Waals surface area contributed by atoms with Crippen LogP contribution in [0.5, 0.6) is 0 Å². The fraction of sp³-hybridized carbons (Fsp3) is 0.212. The summed E-state index contributed by atoms with van der Waals surface area (Å²) in [4.78, 5) is 43.5. The Balaban J connectivity index is 0.000000140. The fourth-order valence-electron chi connectivity index (χ4n) is 5.31. The van der Waals surface area contributed by atoms with E-state index in [-0.39, 0.29) is 23.2 Å². The molecule has 0 aliphatic heterocycles. The molecule has 4 heterocycles. The van der Waals surface area contributed by atoms with Crippen molar-refractivity contribution in [1.82, 2.24) is 29.1 Å². The van der Waals surface area contributed by atoms with Crippen LogP contribution in [0, 0.1) is 6.92 Å². The number of nitrogens with zero attached hydrogens (tertiary/aromatic N) is 6. The molecule has 0 atom stereocenters. The number of rotatable bonds is 4. The first-order chi connectivity index (χ1) is 20.9. The van der Waals surface area contributed by atoms with Gasteiger partial charge in [0.05, 0.1) is 0 Å². The van der Waals surface area contributed by atoms with Crippen LogP contribution in [0.1, 0.15) is 43.3 Å². The lowest BCUT2D eigenvalue weighted by atomic mass is 10.1. The van der Waals surface area contributed by atoms with Gasteiger partial charge in [0.15, 0.2) is 11.3 Å². The van der Waals surface area contributed by atoms with E-state index in [4.69, 9.17) is 23.2 Å². The predicted octanol–water partition coefficient (Wildman–Crippen LogP) is 7.20. The maximum atomic E-state index is 12.9. The van der Waals surface area contributed by atoms with Crippen molar-refractivity contribution in [2.24, 2.45) is 0 Å². The normalized spacial score (nSPS) is 14.5. The summed E-state index contributed by atoms with van der Waals surface area (Å²) >= 11 is 12.0. The highest BCUT2D eigenvalue weighted by Gasteiger charge is 2.29. The van der Waals surface area contributed by atoms with Crippen molar-refractivity contribution in [2.45, 2.75) is 44.7 Å². The number of pyridine rings is 2. The van der Waals surface area contributed by atoms with E-state index in [2.05, 4.69) is 19.9 Å². The Morgan fingerprint density at radius 1 is 0.674 bits per heavy atom. The van der Waals surface area contributed by atoms with E-state index in [1.165, 1.54) is 0 Å². The van der Waals surface area contributed by atoms with Crippen LogP contribution in [0.3, 0.4) is 0 Å². The van der Waals surface area contributed by atoms with Crippen molar-refractivity contribution in [3.05, 3.63) is 115 Å². The summed E-state index contributed by atoms with van der Waals surface area (Å²) in [5.41, 5.74) is 6.08. The lowest BCUT2D eigenvalue weighted by Gasteiger charge is -2.12. The van der Waals surface area contributed by atoms with Crippen molar-refractivity contribution in [3.8, 4) is 22.5 Å². The second-order valence-corrected chi connectivity index (χ2v) is 11.8. The molecule has 0 unspecified atom stereocenters. The standard InChI is InChI=1S/C17H14ClN3O.C16H12ClN3O/c1-10-9-11(18)4-7-13(10)15-17(22)21(12-5-6-12)16-14(20-15)3-2-8-19-16;17-11-4-1-3-10(9-11)14-16(21)20(12-6-7-12)15-13(19-14)5-2-8-18-15/h2-4,7-9,12H,5-6H2,1H3;1-5,8-9,12H,6-7H2. The average Bonchev–Trinajstić information content (AvgIpc) is 3.93. The van der Waals surface area contributed by atoms with Gasteiger partial charge in [-0.15, -0.1) is 0 Å². The zero-order valence-electron chi connectivity index (χ0n) is 23.2. The van der Waals surface area contributed by atoms with Gasteiger partial charge in [0.2, 0.25) is 0 Å². The van der Waals surface area contributed by atoms with Crippen LogP contribution in [-0.2, 0) is 0 Å². The third-order valence-corrected chi connectivity index (χ3v) is 8.13.